The van der Waals surface area contributed by atoms with Crippen molar-refractivity contribution < 1.29 is 4.42 Å². The van der Waals surface area contributed by atoms with E-state index in [1.807, 2.05) is 12.1 Å². The van der Waals surface area contributed by atoms with Crippen LogP contribution in [-0.2, 0) is 0 Å². The molecule has 0 aliphatic rings. The fourth-order valence-electron chi connectivity index (χ4n) is 2.65. The van der Waals surface area contributed by atoms with Crippen LogP contribution in [0.4, 0.5) is 5.69 Å². The molecule has 0 aliphatic carbocycles. The maximum absolute atomic E-state index is 5.91. The predicted molar refractivity (Wildman–Crippen MR) is 109 cm³/mol. The van der Waals surface area contributed by atoms with Crippen molar-refractivity contribution in [2.45, 2.75) is 33.1 Å². The van der Waals surface area contributed by atoms with Gasteiger partial charge in [0.25, 0.3) is 0 Å². The van der Waals surface area contributed by atoms with Gasteiger partial charge in [-0.1, -0.05) is 48.0 Å². The molecular weight excluding hydrogens is 374 g/mol. The minimum Gasteiger partial charge on any atom is -0.455 e. The van der Waals surface area contributed by atoms with E-state index in [0.29, 0.717) is 5.92 Å². The van der Waals surface area contributed by atoms with Crippen LogP contribution < -0.4 is 0 Å². The summed E-state index contributed by atoms with van der Waals surface area (Å²) in [6, 6.07) is 18.6. The van der Waals surface area contributed by atoms with Gasteiger partial charge in [-0.2, -0.15) is 0 Å². The molecule has 0 radical (unpaired) electrons. The zero-order valence-electron chi connectivity index (χ0n) is 14.8. The summed E-state index contributed by atoms with van der Waals surface area (Å²) in [6.07, 6.45) is 2.91. The van der Waals surface area contributed by atoms with Crippen molar-refractivity contribution in [2.75, 3.05) is 0 Å². The molecular formula is C22H22BrNO. The molecule has 128 valence electrons. The lowest BCUT2D eigenvalue weighted by Gasteiger charge is -2.08. The first kappa shape index (κ1) is 17.7. The first-order chi connectivity index (χ1) is 12.1. The van der Waals surface area contributed by atoms with Crippen LogP contribution in [0.3, 0.4) is 0 Å². The largest absolute Gasteiger partial charge is 0.455 e. The van der Waals surface area contributed by atoms with E-state index in [1.165, 1.54) is 11.1 Å². The molecule has 0 spiro atoms. The summed E-state index contributed by atoms with van der Waals surface area (Å²) in [5.74, 6) is 2.16. The Labute approximate surface area is 157 Å². The van der Waals surface area contributed by atoms with Gasteiger partial charge in [-0.3, -0.25) is 4.99 Å². The third-order valence-electron chi connectivity index (χ3n) is 4.43. The number of benzene rings is 2. The lowest BCUT2D eigenvalue weighted by molar-refractivity contribution is 0.575. The molecule has 0 bridgehead atoms. The fourth-order valence-corrected chi connectivity index (χ4v) is 3.34. The van der Waals surface area contributed by atoms with E-state index in [0.717, 1.165) is 33.7 Å². The topological polar surface area (TPSA) is 25.5 Å². The van der Waals surface area contributed by atoms with E-state index in [-0.39, 0.29) is 0 Å². The van der Waals surface area contributed by atoms with E-state index in [9.17, 15) is 0 Å². The number of furan rings is 1. The van der Waals surface area contributed by atoms with Crippen molar-refractivity contribution in [1.82, 2.24) is 0 Å². The van der Waals surface area contributed by atoms with Gasteiger partial charge < -0.3 is 4.42 Å². The average molecular weight is 396 g/mol. The summed E-state index contributed by atoms with van der Waals surface area (Å²) in [5.41, 5.74) is 4.54. The molecule has 0 saturated heterocycles. The van der Waals surface area contributed by atoms with Gasteiger partial charge in [-0.15, -0.1) is 0 Å². The van der Waals surface area contributed by atoms with Gasteiger partial charge in [-0.05, 0) is 66.8 Å². The first-order valence-electron chi connectivity index (χ1n) is 8.57. The van der Waals surface area contributed by atoms with E-state index in [2.05, 4.69) is 84.2 Å². The molecule has 0 N–H and O–H groups in total. The molecule has 25 heavy (non-hydrogen) atoms. The molecule has 1 aromatic heterocycles. The number of nitrogens with zero attached hydrogens (tertiary/aromatic N) is 1. The summed E-state index contributed by atoms with van der Waals surface area (Å²) >= 11 is 3.60. The van der Waals surface area contributed by atoms with Crippen molar-refractivity contribution in [3.8, 4) is 11.3 Å². The van der Waals surface area contributed by atoms with Crippen LogP contribution in [0.1, 0.15) is 43.1 Å². The second kappa shape index (κ2) is 7.83. The molecule has 1 atom stereocenters. The highest BCUT2D eigenvalue weighted by atomic mass is 79.9. The predicted octanol–water partition coefficient (Wildman–Crippen LogP) is 7.28. The first-order valence-corrected chi connectivity index (χ1v) is 9.36. The lowest BCUT2D eigenvalue weighted by Crippen LogP contribution is -1.89. The van der Waals surface area contributed by atoms with Gasteiger partial charge in [0.05, 0.1) is 11.9 Å². The van der Waals surface area contributed by atoms with Crippen molar-refractivity contribution in [3.05, 3.63) is 76.0 Å². The molecule has 0 fully saturated rings. The van der Waals surface area contributed by atoms with E-state index >= 15 is 0 Å². The van der Waals surface area contributed by atoms with Gasteiger partial charge in [0.1, 0.15) is 11.5 Å². The fraction of sp³-hybridized carbons (Fsp3) is 0.227. The minimum absolute atomic E-state index is 0.582. The van der Waals surface area contributed by atoms with Crippen LogP contribution in [0.25, 0.3) is 11.3 Å². The van der Waals surface area contributed by atoms with Crippen molar-refractivity contribution in [3.63, 3.8) is 0 Å². The summed E-state index contributed by atoms with van der Waals surface area (Å²) in [5, 5.41) is 0. The highest BCUT2D eigenvalue weighted by molar-refractivity contribution is 9.10. The van der Waals surface area contributed by atoms with Crippen LogP contribution >= 0.6 is 15.9 Å². The second-order valence-electron chi connectivity index (χ2n) is 6.34. The third-order valence-corrected chi connectivity index (χ3v) is 5.09. The smallest absolute Gasteiger partial charge is 0.145 e. The van der Waals surface area contributed by atoms with Crippen molar-refractivity contribution in [1.29, 1.82) is 0 Å². The summed E-state index contributed by atoms with van der Waals surface area (Å²) in [6.45, 7) is 6.52. The molecule has 0 unspecified atom stereocenters. The van der Waals surface area contributed by atoms with Crippen molar-refractivity contribution in [2.24, 2.45) is 4.99 Å². The Balaban J connectivity index is 1.75. The van der Waals surface area contributed by atoms with E-state index in [4.69, 9.17) is 4.42 Å². The van der Waals surface area contributed by atoms with Crippen LogP contribution in [-0.4, -0.2) is 6.21 Å². The molecule has 0 aliphatic heterocycles. The number of rotatable bonds is 5. The zero-order chi connectivity index (χ0) is 17.8. The van der Waals surface area contributed by atoms with Gasteiger partial charge in [-0.25, -0.2) is 0 Å². The monoisotopic (exact) mass is 395 g/mol. The van der Waals surface area contributed by atoms with Gasteiger partial charge in [0.15, 0.2) is 0 Å². The molecule has 3 rings (SSSR count). The Hall–Kier alpha value is -2.13. The highest BCUT2D eigenvalue weighted by Crippen LogP contribution is 2.30. The Morgan fingerprint density at radius 2 is 1.84 bits per heavy atom. The number of aliphatic imine (C=N–C) groups is 1. The molecule has 1 heterocycles. The normalized spacial score (nSPS) is 12.6. The Kier molecular flexibility index (Phi) is 5.54. The Morgan fingerprint density at radius 3 is 2.52 bits per heavy atom. The summed E-state index contributed by atoms with van der Waals surface area (Å²) < 4.78 is 6.95. The standard InChI is InChI=1S/C22H22BrNO/c1-4-16(3)17-6-8-18(9-7-17)24-14-19-10-12-22(25-19)20-11-5-15(2)13-21(20)23/h5-14,16H,4H2,1-3H3/t16-/m0/s1. The molecule has 0 amide bonds. The summed E-state index contributed by atoms with van der Waals surface area (Å²) in [4.78, 5) is 4.52. The van der Waals surface area contributed by atoms with Crippen LogP contribution in [0.2, 0.25) is 0 Å². The van der Waals surface area contributed by atoms with Crippen LogP contribution in [0.5, 0.6) is 0 Å². The van der Waals surface area contributed by atoms with Gasteiger partial charge >= 0.3 is 0 Å². The van der Waals surface area contributed by atoms with Crippen LogP contribution in [0.15, 0.2) is 68.5 Å². The zero-order valence-corrected chi connectivity index (χ0v) is 16.4. The summed E-state index contributed by atoms with van der Waals surface area (Å²) in [7, 11) is 0. The second-order valence-corrected chi connectivity index (χ2v) is 7.20. The average Bonchev–Trinajstić information content (AvgIpc) is 3.08. The number of aryl methyl sites for hydroxylation is 1. The van der Waals surface area contributed by atoms with E-state index < -0.39 is 0 Å². The maximum Gasteiger partial charge on any atom is 0.145 e. The Morgan fingerprint density at radius 1 is 1.08 bits per heavy atom. The number of halogens is 1. The number of hydrogen-bond donors (Lipinski definition) is 0. The van der Waals surface area contributed by atoms with Crippen LogP contribution in [0, 0.1) is 6.92 Å². The SMILES string of the molecule is CC[C@H](C)c1ccc(N=Cc2ccc(-c3ccc(C)cc3Br)o2)cc1. The molecule has 3 heteroatoms. The third kappa shape index (κ3) is 4.29. The van der Waals surface area contributed by atoms with E-state index in [1.54, 1.807) is 6.21 Å². The lowest BCUT2D eigenvalue weighted by atomic mass is 9.99. The molecule has 3 aromatic rings. The van der Waals surface area contributed by atoms with Crippen molar-refractivity contribution >= 4 is 27.8 Å². The quantitative estimate of drug-likeness (QED) is 0.416. The molecule has 0 saturated carbocycles. The molecule has 2 aromatic carbocycles. The Bertz CT molecular complexity index is 877. The van der Waals surface area contributed by atoms with Gasteiger partial charge in [0.2, 0.25) is 0 Å². The number of hydrogen-bond acceptors (Lipinski definition) is 2. The minimum atomic E-state index is 0.582. The van der Waals surface area contributed by atoms with Gasteiger partial charge in [0, 0.05) is 10.0 Å². The maximum atomic E-state index is 5.91. The molecule has 2 nitrogen and oxygen atoms in total. The highest BCUT2D eigenvalue weighted by Gasteiger charge is 2.08.